The highest BCUT2D eigenvalue weighted by atomic mass is 32.1. The summed E-state index contributed by atoms with van der Waals surface area (Å²) in [5, 5.41) is 18.8. The van der Waals surface area contributed by atoms with Gasteiger partial charge in [0.15, 0.2) is 0 Å². The molecular weight excluding hydrogens is 176 g/mol. The molecule has 0 saturated heterocycles. The summed E-state index contributed by atoms with van der Waals surface area (Å²) in [5.41, 5.74) is 0.640. The fourth-order valence-electron chi connectivity index (χ4n) is 0.804. The zero-order valence-electron chi connectivity index (χ0n) is 6.23. The van der Waals surface area contributed by atoms with Crippen molar-refractivity contribution in [2.45, 2.75) is 0 Å². The standard InChI is InChI=1S/C8H8O3S/c9-4-1-2-6-3-5-12-7(6)8(10)11/h1-3,5,9H,4H2,(H,10,11). The fraction of sp³-hybridized carbons (Fsp3) is 0.125. The van der Waals surface area contributed by atoms with Crippen molar-refractivity contribution in [1.82, 2.24) is 0 Å². The number of carbonyl (C=O) groups is 1. The highest BCUT2D eigenvalue weighted by Gasteiger charge is 2.08. The predicted octanol–water partition coefficient (Wildman–Crippen LogP) is 1.45. The highest BCUT2D eigenvalue weighted by Crippen LogP contribution is 2.17. The molecule has 0 radical (unpaired) electrons. The molecule has 1 heterocycles. The minimum Gasteiger partial charge on any atom is -0.477 e. The van der Waals surface area contributed by atoms with Crippen LogP contribution in [0.3, 0.4) is 0 Å². The van der Waals surface area contributed by atoms with Gasteiger partial charge in [-0.15, -0.1) is 11.3 Å². The Morgan fingerprint density at radius 2 is 2.42 bits per heavy atom. The zero-order chi connectivity index (χ0) is 8.97. The van der Waals surface area contributed by atoms with E-state index in [0.29, 0.717) is 10.4 Å². The topological polar surface area (TPSA) is 57.5 Å². The Kier molecular flexibility index (Phi) is 3.01. The van der Waals surface area contributed by atoms with Gasteiger partial charge in [0.2, 0.25) is 0 Å². The van der Waals surface area contributed by atoms with Crippen LogP contribution in [0.1, 0.15) is 15.2 Å². The van der Waals surface area contributed by atoms with Crippen LogP contribution in [0, 0.1) is 0 Å². The molecule has 0 aromatic carbocycles. The van der Waals surface area contributed by atoms with Crippen LogP contribution in [0.4, 0.5) is 0 Å². The number of rotatable bonds is 3. The summed E-state index contributed by atoms with van der Waals surface area (Å²) in [6.07, 6.45) is 3.11. The van der Waals surface area contributed by atoms with Gasteiger partial charge in [-0.1, -0.05) is 12.2 Å². The smallest absolute Gasteiger partial charge is 0.346 e. The minimum absolute atomic E-state index is 0.0745. The summed E-state index contributed by atoms with van der Waals surface area (Å²) < 4.78 is 0. The molecule has 0 fully saturated rings. The van der Waals surface area contributed by atoms with E-state index in [4.69, 9.17) is 10.2 Å². The second kappa shape index (κ2) is 4.04. The van der Waals surface area contributed by atoms with Crippen molar-refractivity contribution >= 4 is 23.4 Å². The van der Waals surface area contributed by atoms with Gasteiger partial charge in [-0.2, -0.15) is 0 Å². The van der Waals surface area contributed by atoms with Gasteiger partial charge in [-0.25, -0.2) is 4.79 Å². The first-order valence-electron chi connectivity index (χ1n) is 3.34. The SMILES string of the molecule is O=C(O)c1sccc1C=CCO. The number of carboxylic acids is 1. The summed E-state index contributed by atoms with van der Waals surface area (Å²) in [7, 11) is 0. The molecule has 0 atom stereocenters. The normalized spacial score (nSPS) is 10.8. The van der Waals surface area contributed by atoms with Crippen molar-refractivity contribution in [3.63, 3.8) is 0 Å². The second-order valence-corrected chi connectivity index (χ2v) is 3.01. The number of aliphatic hydroxyl groups excluding tert-OH is 1. The van der Waals surface area contributed by atoms with Gasteiger partial charge in [0.1, 0.15) is 4.88 Å². The third-order valence-electron chi connectivity index (χ3n) is 1.29. The van der Waals surface area contributed by atoms with Crippen LogP contribution in [-0.2, 0) is 0 Å². The van der Waals surface area contributed by atoms with Crippen LogP contribution in [-0.4, -0.2) is 22.8 Å². The largest absolute Gasteiger partial charge is 0.477 e. The predicted molar refractivity (Wildman–Crippen MR) is 47.4 cm³/mol. The number of aromatic carboxylic acids is 1. The Labute approximate surface area is 73.6 Å². The summed E-state index contributed by atoms with van der Waals surface area (Å²) in [4.78, 5) is 10.9. The molecule has 0 amide bonds. The van der Waals surface area contributed by atoms with Crippen LogP contribution < -0.4 is 0 Å². The summed E-state index contributed by atoms with van der Waals surface area (Å²) in [6.45, 7) is -0.0745. The van der Waals surface area contributed by atoms with Gasteiger partial charge in [0.05, 0.1) is 6.61 Å². The van der Waals surface area contributed by atoms with Gasteiger partial charge in [-0.3, -0.25) is 0 Å². The molecule has 4 heteroatoms. The molecule has 1 rings (SSSR count). The Balaban J connectivity index is 2.91. The zero-order valence-corrected chi connectivity index (χ0v) is 7.04. The molecule has 0 aliphatic heterocycles. The maximum absolute atomic E-state index is 10.6. The molecule has 0 bridgehead atoms. The first-order chi connectivity index (χ1) is 5.75. The number of hydrogen-bond donors (Lipinski definition) is 2. The highest BCUT2D eigenvalue weighted by molar-refractivity contribution is 7.12. The van der Waals surface area contributed by atoms with Crippen LogP contribution >= 0.6 is 11.3 Å². The molecule has 0 aliphatic rings. The van der Waals surface area contributed by atoms with Crippen LogP contribution in [0.15, 0.2) is 17.5 Å². The number of hydrogen-bond acceptors (Lipinski definition) is 3. The Bertz CT molecular complexity index is 301. The van der Waals surface area contributed by atoms with Crippen LogP contribution in [0.5, 0.6) is 0 Å². The number of thiophene rings is 1. The van der Waals surface area contributed by atoms with E-state index in [9.17, 15) is 4.79 Å². The fourth-order valence-corrected chi connectivity index (χ4v) is 1.53. The molecule has 1 aromatic rings. The molecule has 0 saturated carbocycles. The van der Waals surface area contributed by atoms with Gasteiger partial charge in [-0.05, 0) is 17.0 Å². The Morgan fingerprint density at radius 1 is 1.67 bits per heavy atom. The van der Waals surface area contributed by atoms with E-state index in [1.807, 2.05) is 0 Å². The van der Waals surface area contributed by atoms with E-state index >= 15 is 0 Å². The van der Waals surface area contributed by atoms with E-state index in [1.165, 1.54) is 17.4 Å². The first-order valence-corrected chi connectivity index (χ1v) is 4.22. The molecule has 0 spiro atoms. The van der Waals surface area contributed by atoms with Crippen molar-refractivity contribution in [2.24, 2.45) is 0 Å². The molecule has 1 aromatic heterocycles. The molecule has 12 heavy (non-hydrogen) atoms. The van der Waals surface area contributed by atoms with E-state index < -0.39 is 5.97 Å². The molecule has 0 aliphatic carbocycles. The number of carboxylic acid groups (broad SMARTS) is 1. The molecule has 64 valence electrons. The van der Waals surface area contributed by atoms with Crippen LogP contribution in [0.25, 0.3) is 6.08 Å². The summed E-state index contributed by atoms with van der Waals surface area (Å²) in [5.74, 6) is -0.928. The Morgan fingerprint density at radius 3 is 3.00 bits per heavy atom. The summed E-state index contributed by atoms with van der Waals surface area (Å²) >= 11 is 1.18. The molecular formula is C8H8O3S. The van der Waals surface area contributed by atoms with E-state index in [-0.39, 0.29) is 6.61 Å². The Hall–Kier alpha value is -1.13. The summed E-state index contributed by atoms with van der Waals surface area (Å²) in [6, 6.07) is 1.71. The van der Waals surface area contributed by atoms with Gasteiger partial charge in [0.25, 0.3) is 0 Å². The second-order valence-electron chi connectivity index (χ2n) is 2.10. The quantitative estimate of drug-likeness (QED) is 0.747. The molecule has 2 N–H and O–H groups in total. The van der Waals surface area contributed by atoms with Crippen molar-refractivity contribution in [3.8, 4) is 0 Å². The lowest BCUT2D eigenvalue weighted by Gasteiger charge is -1.89. The van der Waals surface area contributed by atoms with Gasteiger partial charge in [0, 0.05) is 0 Å². The molecule has 0 unspecified atom stereocenters. The van der Waals surface area contributed by atoms with Gasteiger partial charge >= 0.3 is 5.97 Å². The van der Waals surface area contributed by atoms with Crippen molar-refractivity contribution in [3.05, 3.63) is 28.0 Å². The average Bonchev–Trinajstić information content (AvgIpc) is 2.48. The maximum atomic E-state index is 10.6. The maximum Gasteiger partial charge on any atom is 0.346 e. The third kappa shape index (κ3) is 1.93. The lowest BCUT2D eigenvalue weighted by atomic mass is 10.2. The lowest BCUT2D eigenvalue weighted by molar-refractivity contribution is 0.0702. The van der Waals surface area contributed by atoms with Crippen molar-refractivity contribution < 1.29 is 15.0 Å². The van der Waals surface area contributed by atoms with Crippen LogP contribution in [0.2, 0.25) is 0 Å². The van der Waals surface area contributed by atoms with E-state index in [2.05, 4.69) is 0 Å². The van der Waals surface area contributed by atoms with Crippen molar-refractivity contribution in [2.75, 3.05) is 6.61 Å². The first kappa shape index (κ1) is 8.96. The van der Waals surface area contributed by atoms with E-state index in [0.717, 1.165) is 0 Å². The molecule has 3 nitrogen and oxygen atoms in total. The van der Waals surface area contributed by atoms with Gasteiger partial charge < -0.3 is 10.2 Å². The van der Waals surface area contributed by atoms with E-state index in [1.54, 1.807) is 17.5 Å². The number of aliphatic hydroxyl groups is 1. The monoisotopic (exact) mass is 184 g/mol. The average molecular weight is 184 g/mol. The minimum atomic E-state index is -0.928. The third-order valence-corrected chi connectivity index (χ3v) is 2.21. The lowest BCUT2D eigenvalue weighted by Crippen LogP contribution is -1.93. The van der Waals surface area contributed by atoms with Crippen molar-refractivity contribution in [1.29, 1.82) is 0 Å².